The second kappa shape index (κ2) is 13.8. The number of alkyl halides is 2. The zero-order valence-corrected chi connectivity index (χ0v) is 25.3. The van der Waals surface area contributed by atoms with Crippen molar-refractivity contribution < 1.29 is 23.1 Å². The number of amides is 1. The highest BCUT2D eigenvalue weighted by molar-refractivity contribution is 7.17. The van der Waals surface area contributed by atoms with E-state index in [0.717, 1.165) is 56.1 Å². The normalized spacial score (nSPS) is 15.4. The van der Waals surface area contributed by atoms with E-state index in [2.05, 4.69) is 39.6 Å². The Morgan fingerprint density at radius 1 is 1.16 bits per heavy atom. The zero-order valence-electron chi connectivity index (χ0n) is 24.1. The van der Waals surface area contributed by atoms with Crippen LogP contribution in [0.5, 0.6) is 0 Å². The van der Waals surface area contributed by atoms with Crippen molar-refractivity contribution >= 4 is 26.8 Å². The Kier molecular flexibility index (Phi) is 12.4. The number of carbonyl (C=O) groups is 2. The van der Waals surface area contributed by atoms with Crippen molar-refractivity contribution in [2.75, 3.05) is 0 Å². The highest BCUT2D eigenvalue weighted by Crippen LogP contribution is 2.46. The molecule has 7 heteroatoms. The van der Waals surface area contributed by atoms with E-state index >= 15 is 0 Å². The molecule has 1 fully saturated rings. The molecule has 2 atom stereocenters. The van der Waals surface area contributed by atoms with Crippen LogP contribution < -0.4 is 5.32 Å². The van der Waals surface area contributed by atoms with Gasteiger partial charge in [-0.2, -0.15) is 8.78 Å². The summed E-state index contributed by atoms with van der Waals surface area (Å²) in [6.07, 6.45) is 6.38. The number of esters is 1. The van der Waals surface area contributed by atoms with E-state index in [0.29, 0.717) is 11.6 Å². The van der Waals surface area contributed by atoms with Gasteiger partial charge in [0.1, 0.15) is 5.60 Å². The van der Waals surface area contributed by atoms with Crippen LogP contribution in [0.1, 0.15) is 123 Å². The second-order valence-corrected chi connectivity index (χ2v) is 12.4. The number of benzene rings is 1. The van der Waals surface area contributed by atoms with Crippen LogP contribution in [0.25, 0.3) is 5.70 Å². The summed E-state index contributed by atoms with van der Waals surface area (Å²) in [7, 11) is 1.60. The molecule has 210 valence electrons. The van der Waals surface area contributed by atoms with E-state index in [4.69, 9.17) is 4.74 Å². The van der Waals surface area contributed by atoms with Crippen molar-refractivity contribution in [1.82, 2.24) is 5.32 Å². The summed E-state index contributed by atoms with van der Waals surface area (Å²) in [5, 5.41) is 3.05. The Labute approximate surface area is 225 Å². The molecule has 1 aromatic rings. The van der Waals surface area contributed by atoms with E-state index in [9.17, 15) is 18.4 Å². The summed E-state index contributed by atoms with van der Waals surface area (Å²) in [4.78, 5) is 23.5. The quantitative estimate of drug-likeness (QED) is 0.226. The van der Waals surface area contributed by atoms with Crippen molar-refractivity contribution in [3.63, 3.8) is 0 Å². The fourth-order valence-corrected chi connectivity index (χ4v) is 4.63. The van der Waals surface area contributed by atoms with Crippen LogP contribution in [0.2, 0.25) is 0 Å². The third-order valence-corrected chi connectivity index (χ3v) is 6.91. The summed E-state index contributed by atoms with van der Waals surface area (Å²) in [6.45, 7) is 19.6. The first-order valence-electron chi connectivity index (χ1n) is 13.5. The summed E-state index contributed by atoms with van der Waals surface area (Å²) >= 11 is 0. The molecule has 0 bridgehead atoms. The first kappa shape index (κ1) is 33.2. The van der Waals surface area contributed by atoms with E-state index in [1.54, 1.807) is 21.4 Å². The number of hydrogen-bond donors (Lipinski definition) is 1. The summed E-state index contributed by atoms with van der Waals surface area (Å²) in [5.74, 6) is 0.599. The van der Waals surface area contributed by atoms with E-state index in [1.807, 2.05) is 20.8 Å². The van der Waals surface area contributed by atoms with Gasteiger partial charge >= 0.3 is 5.97 Å². The van der Waals surface area contributed by atoms with Gasteiger partial charge in [-0.05, 0) is 82.8 Å². The van der Waals surface area contributed by atoms with Crippen LogP contribution in [0.15, 0.2) is 24.8 Å². The van der Waals surface area contributed by atoms with Crippen LogP contribution in [-0.2, 0) is 20.0 Å². The first-order valence-corrected chi connectivity index (χ1v) is 14.0. The summed E-state index contributed by atoms with van der Waals surface area (Å²) in [6, 6.07) is 4.70. The Morgan fingerprint density at radius 3 is 2.14 bits per heavy atom. The minimum absolute atomic E-state index is 0.00898. The fraction of sp³-hybridized carbons (Fsp3) is 0.667. The van der Waals surface area contributed by atoms with Crippen molar-refractivity contribution in [2.45, 2.75) is 118 Å². The Bertz CT molecular complexity index is 930. The lowest BCUT2D eigenvalue weighted by Crippen LogP contribution is -2.40. The van der Waals surface area contributed by atoms with Gasteiger partial charge < -0.3 is 10.1 Å². The Morgan fingerprint density at radius 2 is 1.76 bits per heavy atom. The second-order valence-electron chi connectivity index (χ2n) is 11.7. The monoisotopic (exact) mass is 539 g/mol. The van der Waals surface area contributed by atoms with Gasteiger partial charge in [0.2, 0.25) is 5.91 Å². The van der Waals surface area contributed by atoms with Gasteiger partial charge in [0, 0.05) is 29.2 Å². The maximum absolute atomic E-state index is 13.8. The molecule has 4 nitrogen and oxygen atoms in total. The number of hydrogen-bond acceptors (Lipinski definition) is 3. The fourth-order valence-electron chi connectivity index (χ4n) is 4.45. The van der Waals surface area contributed by atoms with E-state index in [1.165, 1.54) is 13.0 Å². The minimum Gasteiger partial charge on any atom is -0.460 e. The molecule has 0 aliphatic heterocycles. The third kappa shape index (κ3) is 11.2. The lowest BCUT2D eigenvalue weighted by Gasteiger charge is -2.32. The van der Waals surface area contributed by atoms with Crippen LogP contribution in [0.3, 0.4) is 0 Å². The predicted molar refractivity (Wildman–Crippen MR) is 152 cm³/mol. The molecule has 0 aromatic heterocycles. The summed E-state index contributed by atoms with van der Waals surface area (Å²) in [5.41, 5.74) is -1.53. The van der Waals surface area contributed by atoms with Crippen LogP contribution in [0.4, 0.5) is 8.78 Å². The highest BCUT2D eigenvalue weighted by Gasteiger charge is 2.37. The molecule has 2 rings (SSSR count). The first-order chi connectivity index (χ1) is 17.0. The standard InChI is InChI=1S/C24H36F2NOP.C6H12O2/c1-6-13-23(7-2,14-12-16(3)4)22(28)27-17(5)20-11-10-19(24(25,26)29)15-21(20)18-8-9-18;1-5(7)8-6(2,3)4/h10-11,15-16,18H,5-9,12-14,29H2,1-4H3,(H,27,28);1-4H3. The molecule has 0 spiro atoms. The molecule has 1 aliphatic carbocycles. The number of ether oxygens (including phenoxy) is 1. The van der Waals surface area contributed by atoms with Gasteiger partial charge in [0.25, 0.3) is 5.66 Å². The van der Waals surface area contributed by atoms with Crippen LogP contribution >= 0.6 is 9.24 Å². The molecule has 0 radical (unpaired) electrons. The number of rotatable bonds is 11. The SMILES string of the molecule is C=C(NC(=O)C(CC)(CCC)CCC(C)C)c1ccc(C(F)(F)P)cc1C1CC1.CC(=O)OC(C)(C)C. The molecule has 2 unspecified atom stereocenters. The minimum atomic E-state index is -2.96. The number of carbonyl (C=O) groups excluding carboxylic acids is 2. The molecule has 1 N–H and O–H groups in total. The van der Waals surface area contributed by atoms with Crippen molar-refractivity contribution in [1.29, 1.82) is 0 Å². The smallest absolute Gasteiger partial charge is 0.303 e. The lowest BCUT2D eigenvalue weighted by atomic mass is 9.74. The third-order valence-electron chi connectivity index (χ3n) is 6.58. The lowest BCUT2D eigenvalue weighted by molar-refractivity contribution is -0.151. The molecule has 1 aliphatic rings. The van der Waals surface area contributed by atoms with Gasteiger partial charge in [-0.25, -0.2) is 0 Å². The average molecular weight is 540 g/mol. The van der Waals surface area contributed by atoms with Crippen molar-refractivity contribution in [2.24, 2.45) is 11.3 Å². The van der Waals surface area contributed by atoms with Gasteiger partial charge in [-0.1, -0.05) is 62.1 Å². The molecule has 1 amide bonds. The maximum Gasteiger partial charge on any atom is 0.303 e. The Balaban J connectivity index is 0.000000738. The molecule has 1 saturated carbocycles. The van der Waals surface area contributed by atoms with Gasteiger partial charge in [0.15, 0.2) is 0 Å². The molecular formula is C30H48F2NO3P. The van der Waals surface area contributed by atoms with E-state index < -0.39 is 11.1 Å². The van der Waals surface area contributed by atoms with Gasteiger partial charge in [0.05, 0.1) is 0 Å². The largest absolute Gasteiger partial charge is 0.460 e. The van der Waals surface area contributed by atoms with Crippen molar-refractivity contribution in [3.8, 4) is 0 Å². The number of halogens is 2. The van der Waals surface area contributed by atoms with E-state index in [-0.39, 0.29) is 29.0 Å². The van der Waals surface area contributed by atoms with Crippen molar-refractivity contribution in [3.05, 3.63) is 41.5 Å². The maximum atomic E-state index is 13.8. The highest BCUT2D eigenvalue weighted by atomic mass is 31.0. The molecular weight excluding hydrogens is 491 g/mol. The molecule has 0 saturated heterocycles. The molecule has 1 aromatic carbocycles. The van der Waals surface area contributed by atoms with Gasteiger partial charge in [-0.3, -0.25) is 9.59 Å². The summed E-state index contributed by atoms with van der Waals surface area (Å²) < 4.78 is 32.3. The zero-order chi connectivity index (χ0) is 28.6. The molecule has 0 heterocycles. The topological polar surface area (TPSA) is 55.4 Å². The van der Waals surface area contributed by atoms with Gasteiger partial charge in [-0.15, -0.1) is 0 Å². The molecule has 37 heavy (non-hydrogen) atoms. The predicted octanol–water partition coefficient (Wildman–Crippen LogP) is 8.56. The van der Waals surface area contributed by atoms with Crippen LogP contribution in [-0.4, -0.2) is 17.5 Å². The number of nitrogens with one attached hydrogen (secondary N) is 1. The van der Waals surface area contributed by atoms with Crippen LogP contribution in [0, 0.1) is 11.3 Å². The average Bonchev–Trinajstić information content (AvgIpc) is 3.59. The Hall–Kier alpha value is -1.81.